The van der Waals surface area contributed by atoms with Crippen LogP contribution in [0.25, 0.3) is 0 Å². The summed E-state index contributed by atoms with van der Waals surface area (Å²) in [6.07, 6.45) is -1.89. The first-order chi connectivity index (χ1) is 16.0. The van der Waals surface area contributed by atoms with Crippen molar-refractivity contribution in [2.45, 2.75) is 96.0 Å². The third-order valence-electron chi connectivity index (χ3n) is 6.31. The zero-order valence-corrected chi connectivity index (χ0v) is 20.7. The molecule has 3 heterocycles. The molecule has 3 rings (SSSR count). The van der Waals surface area contributed by atoms with E-state index in [0.29, 0.717) is 19.3 Å². The SMILES string of the molecule is CC(C)CC(=O)Nc1ccn(C2CCC(OC3OC(C)C(N(C)C)C(O)C3O)C(C)O2)c(=O)n1. The summed E-state index contributed by atoms with van der Waals surface area (Å²) in [5.74, 6) is 0.225. The number of hydrogen-bond acceptors (Lipinski definition) is 9. The number of aliphatic hydroxyl groups is 2. The van der Waals surface area contributed by atoms with E-state index in [0.717, 1.165) is 0 Å². The Kier molecular flexibility index (Phi) is 8.82. The molecule has 1 aromatic rings. The Balaban J connectivity index is 1.59. The van der Waals surface area contributed by atoms with E-state index in [2.05, 4.69) is 10.3 Å². The van der Waals surface area contributed by atoms with E-state index in [1.54, 1.807) is 12.3 Å². The van der Waals surface area contributed by atoms with Crippen LogP contribution < -0.4 is 11.0 Å². The average Bonchev–Trinajstić information content (AvgIpc) is 2.72. The molecule has 2 aliphatic heterocycles. The monoisotopic (exact) mass is 482 g/mol. The molecule has 8 atom stereocenters. The van der Waals surface area contributed by atoms with Crippen LogP contribution in [-0.2, 0) is 19.0 Å². The number of carbonyl (C=O) groups is 1. The van der Waals surface area contributed by atoms with Crippen LogP contribution in [0.1, 0.15) is 53.2 Å². The molecule has 0 aliphatic carbocycles. The number of rotatable bonds is 7. The van der Waals surface area contributed by atoms with E-state index in [-0.39, 0.29) is 35.9 Å². The summed E-state index contributed by atoms with van der Waals surface area (Å²) >= 11 is 0. The van der Waals surface area contributed by atoms with Gasteiger partial charge in [-0.2, -0.15) is 4.98 Å². The van der Waals surface area contributed by atoms with Crippen LogP contribution in [0.4, 0.5) is 5.82 Å². The molecular weight excluding hydrogens is 444 g/mol. The molecular formula is C23H38N4O7. The van der Waals surface area contributed by atoms with Gasteiger partial charge in [0.15, 0.2) is 6.29 Å². The average molecular weight is 483 g/mol. The van der Waals surface area contributed by atoms with Gasteiger partial charge < -0.3 is 34.6 Å². The van der Waals surface area contributed by atoms with Gasteiger partial charge in [-0.3, -0.25) is 9.36 Å². The van der Waals surface area contributed by atoms with E-state index in [4.69, 9.17) is 14.2 Å². The fourth-order valence-electron chi connectivity index (χ4n) is 4.62. The molecule has 3 N–H and O–H groups in total. The van der Waals surface area contributed by atoms with Crippen molar-refractivity contribution in [3.63, 3.8) is 0 Å². The Morgan fingerprint density at radius 1 is 1.24 bits per heavy atom. The molecule has 2 fully saturated rings. The second-order valence-electron chi connectivity index (χ2n) is 9.84. The lowest BCUT2D eigenvalue weighted by Crippen LogP contribution is -2.62. The normalized spacial score (nSPS) is 34.4. The van der Waals surface area contributed by atoms with Gasteiger partial charge in [0.25, 0.3) is 0 Å². The number of hydrogen-bond donors (Lipinski definition) is 3. The van der Waals surface area contributed by atoms with Crippen LogP contribution in [-0.4, -0.2) is 87.5 Å². The highest BCUT2D eigenvalue weighted by Gasteiger charge is 2.46. The van der Waals surface area contributed by atoms with E-state index in [9.17, 15) is 19.8 Å². The molecule has 0 spiro atoms. The second kappa shape index (κ2) is 11.2. The molecule has 2 aliphatic rings. The lowest BCUT2D eigenvalue weighted by atomic mass is 9.96. The van der Waals surface area contributed by atoms with Crippen LogP contribution in [0.5, 0.6) is 0 Å². The number of aliphatic hydroxyl groups excluding tert-OH is 2. The van der Waals surface area contributed by atoms with Gasteiger partial charge >= 0.3 is 5.69 Å². The Hall–Kier alpha value is -1.89. The Bertz CT molecular complexity index is 892. The first-order valence-corrected chi connectivity index (χ1v) is 11.9. The molecule has 11 heteroatoms. The Morgan fingerprint density at radius 2 is 1.94 bits per heavy atom. The standard InChI is InChI=1S/C23H38N4O7/c1-12(2)11-17(28)24-16-9-10-27(23(31)25-16)18-8-7-15(13(3)32-18)34-22-21(30)20(29)19(26(5)6)14(4)33-22/h9-10,12-15,18-22,29-30H,7-8,11H2,1-6H3,(H,24,25,28,31). The van der Waals surface area contributed by atoms with Gasteiger partial charge in [-0.1, -0.05) is 13.8 Å². The van der Waals surface area contributed by atoms with E-state index < -0.39 is 36.5 Å². The van der Waals surface area contributed by atoms with Gasteiger partial charge in [0.05, 0.1) is 24.4 Å². The fraction of sp³-hybridized carbons (Fsp3) is 0.783. The smallest absolute Gasteiger partial charge is 0.351 e. The molecule has 192 valence electrons. The number of ether oxygens (including phenoxy) is 3. The number of nitrogens with one attached hydrogen (secondary N) is 1. The minimum atomic E-state index is -1.20. The Labute approximate surface area is 200 Å². The number of nitrogens with zero attached hydrogens (tertiary/aromatic N) is 3. The summed E-state index contributed by atoms with van der Waals surface area (Å²) < 4.78 is 19.3. The van der Waals surface area contributed by atoms with E-state index in [1.807, 2.05) is 46.7 Å². The van der Waals surface area contributed by atoms with Crippen LogP contribution in [0.3, 0.4) is 0 Å². The van der Waals surface area contributed by atoms with Crippen LogP contribution >= 0.6 is 0 Å². The maximum Gasteiger partial charge on any atom is 0.351 e. The molecule has 0 radical (unpaired) electrons. The zero-order chi connectivity index (χ0) is 25.2. The zero-order valence-electron chi connectivity index (χ0n) is 20.7. The molecule has 0 saturated carbocycles. The molecule has 34 heavy (non-hydrogen) atoms. The number of amides is 1. The third-order valence-corrected chi connectivity index (χ3v) is 6.31. The van der Waals surface area contributed by atoms with Gasteiger partial charge in [0.1, 0.15) is 24.3 Å². The third kappa shape index (κ3) is 6.21. The van der Waals surface area contributed by atoms with Crippen molar-refractivity contribution in [3.8, 4) is 0 Å². The number of carbonyl (C=O) groups excluding carboxylic acids is 1. The highest BCUT2D eigenvalue weighted by atomic mass is 16.7. The summed E-state index contributed by atoms with van der Waals surface area (Å²) in [7, 11) is 3.64. The van der Waals surface area contributed by atoms with Crippen molar-refractivity contribution in [3.05, 3.63) is 22.7 Å². The minimum Gasteiger partial charge on any atom is -0.388 e. The summed E-state index contributed by atoms with van der Waals surface area (Å²) in [4.78, 5) is 30.3. The summed E-state index contributed by atoms with van der Waals surface area (Å²) in [6, 6.07) is 1.23. The molecule has 2 saturated heterocycles. The summed E-state index contributed by atoms with van der Waals surface area (Å²) in [5, 5.41) is 23.7. The highest BCUT2D eigenvalue weighted by Crippen LogP contribution is 2.32. The number of aromatic nitrogens is 2. The fourth-order valence-corrected chi connectivity index (χ4v) is 4.62. The van der Waals surface area contributed by atoms with Crippen molar-refractivity contribution in [1.82, 2.24) is 14.5 Å². The highest BCUT2D eigenvalue weighted by molar-refractivity contribution is 5.89. The predicted octanol–water partition coefficient (Wildman–Crippen LogP) is 0.707. The summed E-state index contributed by atoms with van der Waals surface area (Å²) in [5.41, 5.74) is -0.517. The Morgan fingerprint density at radius 3 is 2.53 bits per heavy atom. The second-order valence-corrected chi connectivity index (χ2v) is 9.84. The molecule has 1 amide bonds. The predicted molar refractivity (Wildman–Crippen MR) is 124 cm³/mol. The maximum absolute atomic E-state index is 12.6. The first kappa shape index (κ1) is 26.7. The quantitative estimate of drug-likeness (QED) is 0.513. The van der Waals surface area contributed by atoms with Crippen molar-refractivity contribution < 1.29 is 29.2 Å². The van der Waals surface area contributed by atoms with Crippen molar-refractivity contribution in [2.75, 3.05) is 19.4 Å². The number of anilines is 1. The van der Waals surface area contributed by atoms with Gasteiger partial charge in [0.2, 0.25) is 5.91 Å². The lowest BCUT2D eigenvalue weighted by Gasteiger charge is -2.46. The molecule has 0 bridgehead atoms. The van der Waals surface area contributed by atoms with Crippen LogP contribution in [0.2, 0.25) is 0 Å². The molecule has 0 aromatic carbocycles. The van der Waals surface area contributed by atoms with Gasteiger partial charge in [0, 0.05) is 12.6 Å². The van der Waals surface area contributed by atoms with Gasteiger partial charge in [-0.25, -0.2) is 4.79 Å². The maximum atomic E-state index is 12.6. The largest absolute Gasteiger partial charge is 0.388 e. The topological polar surface area (TPSA) is 135 Å². The van der Waals surface area contributed by atoms with E-state index in [1.165, 1.54) is 4.57 Å². The van der Waals surface area contributed by atoms with E-state index >= 15 is 0 Å². The summed E-state index contributed by atoms with van der Waals surface area (Å²) in [6.45, 7) is 7.54. The van der Waals surface area contributed by atoms with Crippen molar-refractivity contribution in [2.24, 2.45) is 5.92 Å². The van der Waals surface area contributed by atoms with Gasteiger partial charge in [-0.05, 0) is 52.8 Å². The molecule has 11 nitrogen and oxygen atoms in total. The van der Waals surface area contributed by atoms with Crippen molar-refractivity contribution in [1.29, 1.82) is 0 Å². The van der Waals surface area contributed by atoms with Gasteiger partial charge in [-0.15, -0.1) is 0 Å². The lowest BCUT2D eigenvalue weighted by molar-refractivity contribution is -0.310. The van der Waals surface area contributed by atoms with Crippen LogP contribution in [0, 0.1) is 5.92 Å². The number of likely N-dealkylation sites (N-methyl/N-ethyl adjacent to an activating group) is 1. The van der Waals surface area contributed by atoms with Crippen molar-refractivity contribution >= 4 is 11.7 Å². The first-order valence-electron chi connectivity index (χ1n) is 11.9. The minimum absolute atomic E-state index is 0.189. The van der Waals surface area contributed by atoms with Crippen LogP contribution in [0.15, 0.2) is 17.1 Å². The molecule has 1 aromatic heterocycles. The molecule has 8 unspecified atom stereocenters.